The molecule has 0 aromatic heterocycles. The predicted octanol–water partition coefficient (Wildman–Crippen LogP) is 11.4. The van der Waals surface area contributed by atoms with Crippen molar-refractivity contribution < 1.29 is 29.3 Å². The number of para-hydroxylation sites is 2. The minimum absolute atomic E-state index is 0. The second-order valence-electron chi connectivity index (χ2n) is 14.5. The molecule has 0 amide bonds. The molecule has 0 unspecified atom stereocenters. The van der Waals surface area contributed by atoms with Crippen LogP contribution in [0.5, 0.6) is 11.5 Å². The number of carbonyl (C=O) groups excluding carboxylic acids is 2. The molecule has 296 valence electrons. The van der Waals surface area contributed by atoms with Gasteiger partial charge in [0.1, 0.15) is 11.5 Å². The average molecular weight is 747 g/mol. The number of carboxylic acid groups (broad SMARTS) is 2. The molecule has 6 nitrogen and oxygen atoms in total. The van der Waals surface area contributed by atoms with E-state index in [-0.39, 0.29) is 34.2 Å². The van der Waals surface area contributed by atoms with Crippen LogP contribution in [0.15, 0.2) is 48.5 Å². The van der Waals surface area contributed by atoms with Gasteiger partial charge in [-0.05, 0) is 37.1 Å². The Morgan fingerprint density at radius 2 is 0.623 bits per heavy atom. The third-order valence-electron chi connectivity index (χ3n) is 9.72. The molecule has 0 aliphatic rings. The van der Waals surface area contributed by atoms with Gasteiger partial charge in [0, 0.05) is 11.1 Å². The Morgan fingerprint density at radius 3 is 0.868 bits per heavy atom. The summed E-state index contributed by atoms with van der Waals surface area (Å²) in [5, 5.41) is 22.0. The zero-order chi connectivity index (χ0) is 37.7. The maximum atomic E-state index is 11.0. The van der Waals surface area contributed by atoms with E-state index in [0.717, 1.165) is 25.7 Å². The summed E-state index contributed by atoms with van der Waals surface area (Å²) < 4.78 is 11.2. The number of benzene rings is 2. The molecule has 2 aromatic rings. The fourth-order valence-electron chi connectivity index (χ4n) is 6.48. The van der Waals surface area contributed by atoms with Crippen molar-refractivity contribution in [3.05, 3.63) is 59.7 Å². The van der Waals surface area contributed by atoms with Gasteiger partial charge in [0.15, 0.2) is 0 Å². The van der Waals surface area contributed by atoms with Crippen LogP contribution >= 0.6 is 0 Å². The number of ether oxygens (including phenoxy) is 2. The molecule has 0 atom stereocenters. The molecule has 0 bridgehead atoms. The quantitative estimate of drug-likeness (QED) is 0.0522. The van der Waals surface area contributed by atoms with Crippen LogP contribution < -0.4 is 19.7 Å². The molecule has 0 aliphatic carbocycles. The minimum atomic E-state index is -1.18. The van der Waals surface area contributed by atoms with Crippen molar-refractivity contribution in [1.82, 2.24) is 0 Å². The summed E-state index contributed by atoms with van der Waals surface area (Å²) >= 11 is 0. The Labute approximate surface area is 340 Å². The van der Waals surface area contributed by atoms with E-state index in [4.69, 9.17) is 9.47 Å². The van der Waals surface area contributed by atoms with E-state index in [1.54, 1.807) is 36.4 Å². The van der Waals surface area contributed by atoms with Gasteiger partial charge in [0.25, 0.3) is 0 Å². The number of rotatable bonds is 34. The summed E-state index contributed by atoms with van der Waals surface area (Å²) in [6.45, 7) is 5.68. The number of carbonyl (C=O) groups is 2. The summed E-state index contributed by atoms with van der Waals surface area (Å²) in [7, 11) is 0. The summed E-state index contributed by atoms with van der Waals surface area (Å²) in [5.41, 5.74) is 0.274. The van der Waals surface area contributed by atoms with Crippen molar-refractivity contribution in [3.63, 3.8) is 0 Å². The Balaban J connectivity index is 0.00000100. The maximum Gasteiger partial charge on any atom is 2.00 e. The third-order valence-corrected chi connectivity index (χ3v) is 9.72. The molecule has 0 fully saturated rings. The zero-order valence-corrected chi connectivity index (χ0v) is 35.4. The molecule has 2 aromatic carbocycles. The second-order valence-corrected chi connectivity index (χ2v) is 14.5. The molecule has 0 N–H and O–H groups in total. The molecular formula is C46H74MgO6. The van der Waals surface area contributed by atoms with E-state index >= 15 is 0 Å². The molecule has 2 rings (SSSR count). The fraction of sp³-hybridized carbons (Fsp3) is 0.696. The first kappa shape index (κ1) is 50.7. The third kappa shape index (κ3) is 29.7. The van der Waals surface area contributed by atoms with E-state index in [1.807, 2.05) is 0 Å². The number of aromatic carboxylic acids is 2. The summed E-state index contributed by atoms with van der Waals surface area (Å²) in [5.74, 6) is -1.52. The Morgan fingerprint density at radius 1 is 0.396 bits per heavy atom. The Hall–Kier alpha value is -2.25. The van der Waals surface area contributed by atoms with Crippen LogP contribution in [0.3, 0.4) is 0 Å². The average Bonchev–Trinajstić information content (AvgIpc) is 3.15. The number of unbranched alkanes of at least 4 members (excludes halogenated alkanes) is 26. The minimum Gasteiger partial charge on any atom is -0.545 e. The van der Waals surface area contributed by atoms with E-state index in [9.17, 15) is 19.8 Å². The molecular weight excluding hydrogens is 673 g/mol. The van der Waals surface area contributed by atoms with Gasteiger partial charge >= 0.3 is 23.1 Å². The van der Waals surface area contributed by atoms with E-state index in [0.29, 0.717) is 24.7 Å². The molecule has 0 saturated heterocycles. The van der Waals surface area contributed by atoms with Crippen molar-refractivity contribution in [2.45, 2.75) is 194 Å². The smallest absolute Gasteiger partial charge is 0.545 e. The van der Waals surface area contributed by atoms with Crippen LogP contribution in [0.2, 0.25) is 0 Å². The number of carboxylic acids is 2. The van der Waals surface area contributed by atoms with Crippen molar-refractivity contribution in [2.24, 2.45) is 0 Å². The van der Waals surface area contributed by atoms with E-state index < -0.39 is 11.9 Å². The summed E-state index contributed by atoms with van der Waals surface area (Å²) in [6, 6.07) is 13.4. The van der Waals surface area contributed by atoms with Crippen LogP contribution in [0.4, 0.5) is 0 Å². The van der Waals surface area contributed by atoms with Crippen molar-refractivity contribution in [2.75, 3.05) is 13.2 Å². The van der Waals surface area contributed by atoms with Crippen LogP contribution in [-0.4, -0.2) is 48.2 Å². The summed E-state index contributed by atoms with van der Waals surface area (Å²) in [4.78, 5) is 22.0. The first-order chi connectivity index (χ1) is 25.5. The Kier molecular flexibility index (Phi) is 36.4. The number of hydrogen-bond donors (Lipinski definition) is 0. The standard InChI is InChI=1S/2C23H38O3.Mg/c2*1-2-3-4-5-6-7-8-9-10-11-12-13-14-17-20-26-22-19-16-15-18-21(22)23(24)25;/h2*15-16,18-19H,2-14,17,20H2,1H3,(H,24,25);/q;;+2/p-2. The molecule has 53 heavy (non-hydrogen) atoms. The fourth-order valence-corrected chi connectivity index (χ4v) is 6.48. The van der Waals surface area contributed by atoms with Gasteiger partial charge < -0.3 is 29.3 Å². The maximum absolute atomic E-state index is 11.0. The van der Waals surface area contributed by atoms with Crippen LogP contribution in [0.1, 0.15) is 214 Å². The predicted molar refractivity (Wildman–Crippen MR) is 219 cm³/mol. The zero-order valence-electron chi connectivity index (χ0n) is 34.0. The second kappa shape index (κ2) is 38.0. The van der Waals surface area contributed by atoms with Gasteiger partial charge in [-0.15, -0.1) is 0 Å². The van der Waals surface area contributed by atoms with Crippen LogP contribution in [0.25, 0.3) is 0 Å². The van der Waals surface area contributed by atoms with Crippen molar-refractivity contribution >= 4 is 35.0 Å². The van der Waals surface area contributed by atoms with Gasteiger partial charge in [-0.3, -0.25) is 0 Å². The van der Waals surface area contributed by atoms with Gasteiger partial charge in [-0.25, -0.2) is 0 Å². The molecule has 0 heterocycles. The molecule has 0 aliphatic heterocycles. The Bertz CT molecular complexity index is 1040. The largest absolute Gasteiger partial charge is 2.00 e. The topological polar surface area (TPSA) is 98.7 Å². The first-order valence-electron chi connectivity index (χ1n) is 21.4. The molecule has 7 heteroatoms. The van der Waals surface area contributed by atoms with Gasteiger partial charge in [0.05, 0.1) is 25.2 Å². The number of hydrogen-bond acceptors (Lipinski definition) is 6. The normalized spacial score (nSPS) is 10.6. The first-order valence-corrected chi connectivity index (χ1v) is 21.4. The SMILES string of the molecule is CCCCCCCCCCCCCCCCOc1ccccc1C(=O)[O-].CCCCCCCCCCCCCCCCOc1ccccc1C(=O)[O-].[Mg+2]. The van der Waals surface area contributed by atoms with Crippen molar-refractivity contribution in [1.29, 1.82) is 0 Å². The van der Waals surface area contributed by atoms with Crippen molar-refractivity contribution in [3.8, 4) is 11.5 Å². The van der Waals surface area contributed by atoms with Crippen LogP contribution in [-0.2, 0) is 0 Å². The van der Waals surface area contributed by atoms with Gasteiger partial charge in [-0.2, -0.15) is 0 Å². The van der Waals surface area contributed by atoms with Crippen LogP contribution in [0, 0.1) is 0 Å². The van der Waals surface area contributed by atoms with E-state index in [1.165, 1.54) is 166 Å². The molecule has 0 radical (unpaired) electrons. The molecule has 0 spiro atoms. The van der Waals surface area contributed by atoms with Gasteiger partial charge in [-0.1, -0.05) is 205 Å². The van der Waals surface area contributed by atoms with E-state index in [2.05, 4.69) is 13.8 Å². The summed E-state index contributed by atoms with van der Waals surface area (Å²) in [6.07, 6.45) is 37.1. The monoisotopic (exact) mass is 747 g/mol. The molecule has 0 saturated carbocycles. The van der Waals surface area contributed by atoms with Gasteiger partial charge in [0.2, 0.25) is 0 Å².